The van der Waals surface area contributed by atoms with Crippen molar-refractivity contribution in [3.8, 4) is 0 Å². The third-order valence-electron chi connectivity index (χ3n) is 4.92. The van der Waals surface area contributed by atoms with Gasteiger partial charge in [-0.2, -0.15) is 0 Å². The number of hydrogen-bond donors (Lipinski definition) is 0. The van der Waals surface area contributed by atoms with Crippen molar-refractivity contribution < 1.29 is 4.79 Å². The Hall–Kier alpha value is -3.73. The highest BCUT2D eigenvalue weighted by atomic mass is 16.2. The Labute approximate surface area is 154 Å². The van der Waals surface area contributed by atoms with Gasteiger partial charge in [0, 0.05) is 23.2 Å². The minimum atomic E-state index is -0.115. The number of nitrogens with zero attached hydrogens (tertiary/aromatic N) is 3. The zero-order valence-corrected chi connectivity index (χ0v) is 14.4. The number of imidazole rings is 1. The van der Waals surface area contributed by atoms with E-state index in [1.54, 1.807) is 12.4 Å². The van der Waals surface area contributed by atoms with Gasteiger partial charge in [0.25, 0.3) is 5.91 Å². The number of pyridine rings is 1. The van der Waals surface area contributed by atoms with Crippen LogP contribution in [-0.4, -0.2) is 20.0 Å². The predicted molar refractivity (Wildman–Crippen MR) is 106 cm³/mol. The molecule has 0 aliphatic heterocycles. The van der Waals surface area contributed by atoms with Crippen LogP contribution >= 0.6 is 0 Å². The summed E-state index contributed by atoms with van der Waals surface area (Å²) in [6, 6.07) is 19.2. The van der Waals surface area contributed by atoms with Crippen LogP contribution in [0.25, 0.3) is 32.6 Å². The number of hydrogen-bond acceptors (Lipinski definition) is 3. The Morgan fingerprint density at radius 2 is 1.63 bits per heavy atom. The maximum Gasteiger partial charge on any atom is 0.251 e. The van der Waals surface area contributed by atoms with Crippen LogP contribution in [0.4, 0.5) is 0 Å². The number of carbonyl (C=O) groups excluding carboxylic acids is 1. The molecular formula is C22H15N3O2. The number of aromatic nitrogens is 3. The second-order valence-electron chi connectivity index (χ2n) is 6.51. The van der Waals surface area contributed by atoms with E-state index in [0.29, 0.717) is 10.8 Å². The number of carbonyl (C=O) groups is 1. The molecule has 0 saturated heterocycles. The first-order valence-electron chi connectivity index (χ1n) is 8.67. The zero-order chi connectivity index (χ0) is 18.4. The molecule has 0 N–H and O–H groups in total. The molecule has 0 radical (unpaired) electrons. The maximum atomic E-state index is 13.1. The lowest BCUT2D eigenvalue weighted by Gasteiger charge is -2.15. The summed E-state index contributed by atoms with van der Waals surface area (Å²) < 4.78 is 3.38. The van der Waals surface area contributed by atoms with Crippen molar-refractivity contribution in [2.24, 2.45) is 0 Å². The van der Waals surface area contributed by atoms with Gasteiger partial charge in [-0.15, -0.1) is 0 Å². The van der Waals surface area contributed by atoms with E-state index in [-0.39, 0.29) is 17.9 Å². The predicted octanol–water partition coefficient (Wildman–Crippen LogP) is 3.84. The first-order valence-corrected chi connectivity index (χ1v) is 8.67. The first-order chi connectivity index (χ1) is 13.2. The fraction of sp³-hybridized carbons (Fsp3) is 0.0455. The topological polar surface area (TPSA) is 56.9 Å². The average molecular weight is 353 g/mol. The summed E-state index contributed by atoms with van der Waals surface area (Å²) in [7, 11) is 0. The first kappa shape index (κ1) is 15.5. The Morgan fingerprint density at radius 3 is 2.41 bits per heavy atom. The molecule has 27 heavy (non-hydrogen) atoms. The summed E-state index contributed by atoms with van der Waals surface area (Å²) in [4.78, 5) is 29.8. The van der Waals surface area contributed by atoms with E-state index >= 15 is 0 Å². The SMILES string of the molecule is O=C(Cn1c2ccccc2c(=O)c2cc3ccccc3cc21)n1ccnc1. The average Bonchev–Trinajstić information content (AvgIpc) is 3.25. The minimum Gasteiger partial charge on any atom is -0.331 e. The molecule has 0 bridgehead atoms. The molecule has 2 heterocycles. The van der Waals surface area contributed by atoms with Crippen molar-refractivity contribution in [3.05, 3.63) is 89.6 Å². The van der Waals surface area contributed by atoms with Crippen LogP contribution in [0.5, 0.6) is 0 Å². The molecule has 0 saturated carbocycles. The Morgan fingerprint density at radius 1 is 0.889 bits per heavy atom. The molecule has 5 nitrogen and oxygen atoms in total. The molecule has 0 aliphatic carbocycles. The van der Waals surface area contributed by atoms with Crippen LogP contribution in [0.2, 0.25) is 0 Å². The number of para-hydroxylation sites is 1. The number of rotatable bonds is 2. The van der Waals surface area contributed by atoms with E-state index in [1.807, 2.05) is 65.2 Å². The highest BCUT2D eigenvalue weighted by molar-refractivity contribution is 6.02. The molecule has 0 fully saturated rings. The normalized spacial score (nSPS) is 11.4. The molecule has 5 heteroatoms. The van der Waals surface area contributed by atoms with Crippen LogP contribution < -0.4 is 5.43 Å². The van der Waals surface area contributed by atoms with E-state index < -0.39 is 0 Å². The van der Waals surface area contributed by atoms with Gasteiger partial charge in [-0.05, 0) is 35.0 Å². The smallest absolute Gasteiger partial charge is 0.251 e. The molecule has 130 valence electrons. The molecule has 3 aromatic carbocycles. The molecule has 0 atom stereocenters. The van der Waals surface area contributed by atoms with E-state index in [0.717, 1.165) is 21.8 Å². The Kier molecular flexibility index (Phi) is 3.40. The largest absolute Gasteiger partial charge is 0.331 e. The highest BCUT2D eigenvalue weighted by Gasteiger charge is 2.14. The lowest BCUT2D eigenvalue weighted by Crippen LogP contribution is -2.20. The van der Waals surface area contributed by atoms with Gasteiger partial charge in [0.15, 0.2) is 5.43 Å². The van der Waals surface area contributed by atoms with E-state index in [4.69, 9.17) is 0 Å². The minimum absolute atomic E-state index is 0.0160. The van der Waals surface area contributed by atoms with Crippen molar-refractivity contribution in [1.82, 2.24) is 14.1 Å². The molecule has 2 aromatic heterocycles. The second-order valence-corrected chi connectivity index (χ2v) is 6.51. The van der Waals surface area contributed by atoms with Crippen molar-refractivity contribution in [2.45, 2.75) is 6.54 Å². The summed E-state index contributed by atoms with van der Waals surface area (Å²) in [5.41, 5.74) is 1.49. The van der Waals surface area contributed by atoms with Crippen LogP contribution in [0.3, 0.4) is 0 Å². The van der Waals surface area contributed by atoms with Crippen LogP contribution in [-0.2, 0) is 6.54 Å². The Bertz CT molecular complexity index is 1380. The summed E-state index contributed by atoms with van der Waals surface area (Å²) in [6.07, 6.45) is 4.70. The monoisotopic (exact) mass is 353 g/mol. The molecule has 5 rings (SSSR count). The van der Waals surface area contributed by atoms with Gasteiger partial charge < -0.3 is 4.57 Å². The van der Waals surface area contributed by atoms with Gasteiger partial charge >= 0.3 is 0 Å². The lowest BCUT2D eigenvalue weighted by atomic mass is 10.0. The standard InChI is InChI=1S/C22H15N3O2/c26-21(24-10-9-23-14-24)13-25-19-8-4-3-7-17(19)22(27)18-11-15-5-1-2-6-16(15)12-20(18)25/h1-12,14H,13H2. The molecule has 0 amide bonds. The Balaban J connectivity index is 1.87. The third kappa shape index (κ3) is 2.44. The summed E-state index contributed by atoms with van der Waals surface area (Å²) in [6.45, 7) is 0.117. The third-order valence-corrected chi connectivity index (χ3v) is 4.92. The fourth-order valence-electron chi connectivity index (χ4n) is 3.60. The van der Waals surface area contributed by atoms with Gasteiger partial charge in [-0.1, -0.05) is 36.4 Å². The van der Waals surface area contributed by atoms with Crippen LogP contribution in [0, 0.1) is 0 Å². The van der Waals surface area contributed by atoms with Gasteiger partial charge in [0.05, 0.1) is 11.0 Å². The molecule has 5 aromatic rings. The summed E-state index contributed by atoms with van der Waals surface area (Å²) in [5.74, 6) is -0.115. The lowest BCUT2D eigenvalue weighted by molar-refractivity contribution is 0.0894. The summed E-state index contributed by atoms with van der Waals surface area (Å²) >= 11 is 0. The quantitative estimate of drug-likeness (QED) is 0.453. The molecule has 0 spiro atoms. The highest BCUT2D eigenvalue weighted by Crippen LogP contribution is 2.24. The second kappa shape index (κ2) is 5.92. The number of benzene rings is 3. The van der Waals surface area contributed by atoms with E-state index in [9.17, 15) is 9.59 Å². The molecule has 0 unspecified atom stereocenters. The maximum absolute atomic E-state index is 13.1. The van der Waals surface area contributed by atoms with Gasteiger partial charge in [-0.3, -0.25) is 14.2 Å². The summed E-state index contributed by atoms with van der Waals surface area (Å²) in [5, 5.41) is 3.26. The van der Waals surface area contributed by atoms with E-state index in [1.165, 1.54) is 10.9 Å². The zero-order valence-electron chi connectivity index (χ0n) is 14.4. The van der Waals surface area contributed by atoms with Crippen molar-refractivity contribution >= 4 is 38.5 Å². The van der Waals surface area contributed by atoms with Crippen molar-refractivity contribution in [2.75, 3.05) is 0 Å². The van der Waals surface area contributed by atoms with Gasteiger partial charge in [-0.25, -0.2) is 4.98 Å². The van der Waals surface area contributed by atoms with Crippen molar-refractivity contribution in [1.29, 1.82) is 0 Å². The van der Waals surface area contributed by atoms with Crippen LogP contribution in [0.15, 0.2) is 84.2 Å². The van der Waals surface area contributed by atoms with Crippen molar-refractivity contribution in [3.63, 3.8) is 0 Å². The van der Waals surface area contributed by atoms with Gasteiger partial charge in [0.1, 0.15) is 12.9 Å². The molecular weight excluding hydrogens is 338 g/mol. The van der Waals surface area contributed by atoms with Gasteiger partial charge in [0.2, 0.25) is 0 Å². The number of fused-ring (bicyclic) bond motifs is 3. The van der Waals surface area contributed by atoms with E-state index in [2.05, 4.69) is 4.98 Å². The van der Waals surface area contributed by atoms with Crippen LogP contribution in [0.1, 0.15) is 4.79 Å². The molecule has 0 aliphatic rings. The fourth-order valence-corrected chi connectivity index (χ4v) is 3.60.